The van der Waals surface area contributed by atoms with Crippen molar-refractivity contribution in [3.8, 4) is 0 Å². The average molecular weight is 234 g/mol. The molecule has 0 bridgehead atoms. The third-order valence-electron chi connectivity index (χ3n) is 2.95. The highest BCUT2D eigenvalue weighted by Gasteiger charge is 1.97. The summed E-state index contributed by atoms with van der Waals surface area (Å²) in [4.78, 5) is 0. The molecule has 0 spiro atoms. The Hall–Kier alpha value is -0.780. The van der Waals surface area contributed by atoms with Gasteiger partial charge in [-0.3, -0.25) is 0 Å². The van der Waals surface area contributed by atoms with Crippen molar-refractivity contribution in [2.24, 2.45) is 0 Å². The van der Waals surface area contributed by atoms with Crippen molar-refractivity contribution in [3.05, 3.63) is 36.5 Å². The molecule has 0 nitrogen and oxygen atoms in total. The van der Waals surface area contributed by atoms with Crippen molar-refractivity contribution in [2.75, 3.05) is 0 Å². The molecule has 1 rings (SSSR count). The van der Waals surface area contributed by atoms with Gasteiger partial charge < -0.3 is 0 Å². The van der Waals surface area contributed by atoms with Gasteiger partial charge in [-0.1, -0.05) is 63.0 Å². The fourth-order valence-electron chi connectivity index (χ4n) is 2.00. The second kappa shape index (κ2) is 13.3. The van der Waals surface area contributed by atoms with Crippen molar-refractivity contribution >= 4 is 0 Å². The lowest BCUT2D eigenvalue weighted by molar-refractivity contribution is 0.617. The number of hydrogen-bond acceptors (Lipinski definition) is 0. The Morgan fingerprint density at radius 2 is 1.76 bits per heavy atom. The van der Waals surface area contributed by atoms with E-state index in [1.54, 1.807) is 5.57 Å². The zero-order chi connectivity index (χ0) is 12.8. The van der Waals surface area contributed by atoms with Crippen LogP contribution >= 0.6 is 0 Å². The zero-order valence-electron chi connectivity index (χ0n) is 11.9. The second-order valence-electron chi connectivity index (χ2n) is 4.35. The number of rotatable bonds is 8. The Balaban J connectivity index is 0.00000121. The second-order valence-corrected chi connectivity index (χ2v) is 4.35. The first-order valence-electron chi connectivity index (χ1n) is 7.40. The molecule has 0 aromatic carbocycles. The molecule has 0 heterocycles. The predicted octanol–water partition coefficient (Wildman–Crippen LogP) is 6.21. The molecule has 0 amide bonds. The predicted molar refractivity (Wildman–Crippen MR) is 80.3 cm³/mol. The Labute approximate surface area is 109 Å². The van der Waals surface area contributed by atoms with Crippen LogP contribution in [0.15, 0.2) is 36.5 Å². The monoisotopic (exact) mass is 234 g/mol. The standard InChI is InChI=1S/C15H24.C2H6/c1-2-3-4-5-6-7-9-12-15-13-10-8-11-14-15;1-2/h2,10,13-14H,1,3-9,11-12H2;1-2H3. The van der Waals surface area contributed by atoms with E-state index in [2.05, 4.69) is 24.8 Å². The molecule has 0 aliphatic heterocycles. The van der Waals surface area contributed by atoms with Crippen LogP contribution in [0.3, 0.4) is 0 Å². The maximum atomic E-state index is 3.74. The van der Waals surface area contributed by atoms with Gasteiger partial charge >= 0.3 is 0 Å². The molecular weight excluding hydrogens is 204 g/mol. The lowest BCUT2D eigenvalue weighted by atomic mass is 10.0. The van der Waals surface area contributed by atoms with Crippen LogP contribution in [0.4, 0.5) is 0 Å². The number of hydrogen-bond donors (Lipinski definition) is 0. The van der Waals surface area contributed by atoms with Crippen LogP contribution in [0.25, 0.3) is 0 Å². The summed E-state index contributed by atoms with van der Waals surface area (Å²) in [6.07, 6.45) is 20.9. The van der Waals surface area contributed by atoms with Gasteiger partial charge in [0.25, 0.3) is 0 Å². The molecule has 0 saturated heterocycles. The van der Waals surface area contributed by atoms with E-state index in [1.165, 1.54) is 57.8 Å². The van der Waals surface area contributed by atoms with Crippen molar-refractivity contribution in [3.63, 3.8) is 0 Å². The van der Waals surface area contributed by atoms with E-state index >= 15 is 0 Å². The van der Waals surface area contributed by atoms with E-state index in [0.29, 0.717) is 0 Å². The first kappa shape index (κ1) is 16.2. The molecular formula is C17H30. The van der Waals surface area contributed by atoms with E-state index in [0.717, 1.165) is 0 Å². The molecule has 1 aliphatic carbocycles. The molecule has 0 heteroatoms. The molecule has 0 saturated carbocycles. The fourth-order valence-corrected chi connectivity index (χ4v) is 2.00. The van der Waals surface area contributed by atoms with Gasteiger partial charge in [0.05, 0.1) is 0 Å². The highest BCUT2D eigenvalue weighted by Crippen LogP contribution is 2.17. The summed E-state index contributed by atoms with van der Waals surface area (Å²) in [7, 11) is 0. The summed E-state index contributed by atoms with van der Waals surface area (Å²) in [6, 6.07) is 0. The van der Waals surface area contributed by atoms with Gasteiger partial charge in [0.1, 0.15) is 0 Å². The molecule has 98 valence electrons. The van der Waals surface area contributed by atoms with Gasteiger partial charge in [-0.15, -0.1) is 6.58 Å². The minimum Gasteiger partial charge on any atom is -0.103 e. The minimum absolute atomic E-state index is 1.19. The Bertz CT molecular complexity index is 220. The number of allylic oxidation sites excluding steroid dienone is 5. The molecule has 0 unspecified atom stereocenters. The summed E-state index contributed by atoms with van der Waals surface area (Å²) in [5.74, 6) is 0. The van der Waals surface area contributed by atoms with Crippen LogP contribution in [0, 0.1) is 0 Å². The quantitative estimate of drug-likeness (QED) is 0.346. The lowest BCUT2D eigenvalue weighted by Gasteiger charge is -2.06. The van der Waals surface area contributed by atoms with Crippen molar-refractivity contribution < 1.29 is 0 Å². The highest BCUT2D eigenvalue weighted by molar-refractivity contribution is 5.21. The van der Waals surface area contributed by atoms with E-state index in [4.69, 9.17) is 0 Å². The molecule has 0 N–H and O–H groups in total. The first-order chi connectivity index (χ1) is 8.43. The van der Waals surface area contributed by atoms with Crippen LogP contribution in [0.2, 0.25) is 0 Å². The van der Waals surface area contributed by atoms with Gasteiger partial charge in [-0.05, 0) is 38.5 Å². The van der Waals surface area contributed by atoms with Crippen LogP contribution in [-0.2, 0) is 0 Å². The third-order valence-corrected chi connectivity index (χ3v) is 2.95. The van der Waals surface area contributed by atoms with Gasteiger partial charge in [0.15, 0.2) is 0 Å². The smallest absolute Gasteiger partial charge is 0.0282 e. The highest BCUT2D eigenvalue weighted by atomic mass is 14.0. The van der Waals surface area contributed by atoms with E-state index < -0.39 is 0 Å². The molecule has 0 radical (unpaired) electrons. The van der Waals surface area contributed by atoms with Crippen LogP contribution in [0.1, 0.15) is 71.6 Å². The van der Waals surface area contributed by atoms with Crippen molar-refractivity contribution in [1.82, 2.24) is 0 Å². The van der Waals surface area contributed by atoms with Crippen molar-refractivity contribution in [2.45, 2.75) is 71.6 Å². The lowest BCUT2D eigenvalue weighted by Crippen LogP contribution is -1.86. The molecule has 0 aromatic heterocycles. The number of unbranched alkanes of at least 4 members (excludes halogenated alkanes) is 5. The van der Waals surface area contributed by atoms with Crippen LogP contribution < -0.4 is 0 Å². The Kier molecular flexibility index (Phi) is 12.7. The maximum Gasteiger partial charge on any atom is -0.0282 e. The molecule has 17 heavy (non-hydrogen) atoms. The van der Waals surface area contributed by atoms with Crippen molar-refractivity contribution in [1.29, 1.82) is 0 Å². The maximum absolute atomic E-state index is 3.74. The van der Waals surface area contributed by atoms with E-state index in [1.807, 2.05) is 19.9 Å². The van der Waals surface area contributed by atoms with E-state index in [-0.39, 0.29) is 0 Å². The van der Waals surface area contributed by atoms with E-state index in [9.17, 15) is 0 Å². The average Bonchev–Trinajstić information content (AvgIpc) is 2.41. The molecule has 1 aliphatic rings. The Morgan fingerprint density at radius 3 is 2.41 bits per heavy atom. The summed E-state index contributed by atoms with van der Waals surface area (Å²) < 4.78 is 0. The van der Waals surface area contributed by atoms with Crippen LogP contribution in [-0.4, -0.2) is 0 Å². The SMILES string of the molecule is C=CCCCCCCCC1=CCCC=C1.CC. The van der Waals surface area contributed by atoms with Gasteiger partial charge in [-0.2, -0.15) is 0 Å². The largest absolute Gasteiger partial charge is 0.103 e. The summed E-state index contributed by atoms with van der Waals surface area (Å²) in [5.41, 5.74) is 1.56. The Morgan fingerprint density at radius 1 is 1.06 bits per heavy atom. The van der Waals surface area contributed by atoms with Gasteiger partial charge in [0.2, 0.25) is 0 Å². The minimum atomic E-state index is 1.19. The summed E-state index contributed by atoms with van der Waals surface area (Å²) >= 11 is 0. The summed E-state index contributed by atoms with van der Waals surface area (Å²) in [6.45, 7) is 7.74. The zero-order valence-corrected chi connectivity index (χ0v) is 11.9. The summed E-state index contributed by atoms with van der Waals surface area (Å²) in [5, 5.41) is 0. The topological polar surface area (TPSA) is 0 Å². The normalized spacial score (nSPS) is 13.6. The van der Waals surface area contributed by atoms with Crippen LogP contribution in [0.5, 0.6) is 0 Å². The van der Waals surface area contributed by atoms with Gasteiger partial charge in [0, 0.05) is 0 Å². The molecule has 0 atom stereocenters. The first-order valence-corrected chi connectivity index (χ1v) is 7.40. The fraction of sp³-hybridized carbons (Fsp3) is 0.647. The van der Waals surface area contributed by atoms with Gasteiger partial charge in [-0.25, -0.2) is 0 Å². The molecule has 0 aromatic rings. The third kappa shape index (κ3) is 10.1. The molecule has 0 fully saturated rings.